The molecule has 0 aliphatic heterocycles. The van der Waals surface area contributed by atoms with Gasteiger partial charge in [0.25, 0.3) is 11.8 Å². The van der Waals surface area contributed by atoms with Gasteiger partial charge in [-0.3, -0.25) is 20.4 Å². The number of thiophene rings is 1. The number of carbonyl (C=O) groups is 2. The van der Waals surface area contributed by atoms with Gasteiger partial charge in [-0.2, -0.15) is 0 Å². The van der Waals surface area contributed by atoms with Gasteiger partial charge in [0, 0.05) is 10.5 Å². The Bertz CT molecular complexity index is 621. The average molecular weight is 351 g/mol. The molecule has 0 aliphatic carbocycles. The summed E-state index contributed by atoms with van der Waals surface area (Å²) in [6.45, 7) is 0. The molecule has 0 aliphatic rings. The Morgan fingerprint density at radius 2 is 1.85 bits per heavy atom. The first-order valence-electron chi connectivity index (χ1n) is 5.72. The Morgan fingerprint density at radius 3 is 2.50 bits per heavy atom. The van der Waals surface area contributed by atoms with E-state index in [1.165, 1.54) is 17.4 Å². The molecule has 4 nitrogen and oxygen atoms in total. The molecular weight excluding hydrogens is 340 g/mol. The van der Waals surface area contributed by atoms with E-state index in [-0.39, 0.29) is 5.91 Å². The van der Waals surface area contributed by atoms with Gasteiger partial charge < -0.3 is 0 Å². The minimum Gasteiger partial charge on any atom is -0.268 e. The number of hydrazine groups is 1. The largest absolute Gasteiger partial charge is 0.279 e. The first kappa shape index (κ1) is 14.5. The number of carbonyl (C=O) groups excluding carboxylic acids is 2. The molecular formula is C14H11BrN2O2S. The van der Waals surface area contributed by atoms with Crippen LogP contribution in [0.25, 0.3) is 6.08 Å². The van der Waals surface area contributed by atoms with E-state index in [2.05, 4.69) is 26.8 Å². The van der Waals surface area contributed by atoms with Gasteiger partial charge in [0.1, 0.15) is 0 Å². The lowest BCUT2D eigenvalue weighted by atomic mass is 10.2. The molecule has 20 heavy (non-hydrogen) atoms. The first-order chi connectivity index (χ1) is 9.65. The SMILES string of the molecule is O=C(/C=C/c1ccc(Br)cc1)NNC(=O)c1cccs1. The fraction of sp³-hybridized carbons (Fsp3) is 0. The zero-order chi connectivity index (χ0) is 14.4. The van der Waals surface area contributed by atoms with Gasteiger partial charge in [0.05, 0.1) is 4.88 Å². The maximum atomic E-state index is 11.6. The van der Waals surface area contributed by atoms with Crippen LogP contribution in [0.4, 0.5) is 0 Å². The molecule has 102 valence electrons. The number of halogens is 1. The number of nitrogens with one attached hydrogen (secondary N) is 2. The summed E-state index contributed by atoms with van der Waals surface area (Å²) < 4.78 is 0.974. The third kappa shape index (κ3) is 4.32. The van der Waals surface area contributed by atoms with E-state index >= 15 is 0 Å². The lowest BCUT2D eigenvalue weighted by Crippen LogP contribution is -2.40. The second-order valence-electron chi connectivity index (χ2n) is 3.81. The van der Waals surface area contributed by atoms with Crippen molar-refractivity contribution in [2.75, 3.05) is 0 Å². The van der Waals surface area contributed by atoms with Gasteiger partial charge >= 0.3 is 0 Å². The number of amides is 2. The average Bonchev–Trinajstić information content (AvgIpc) is 2.98. The summed E-state index contributed by atoms with van der Waals surface area (Å²) >= 11 is 4.64. The lowest BCUT2D eigenvalue weighted by Gasteiger charge is -2.03. The van der Waals surface area contributed by atoms with Gasteiger partial charge in [-0.15, -0.1) is 11.3 Å². The summed E-state index contributed by atoms with van der Waals surface area (Å²) in [5, 5.41) is 1.80. The molecule has 0 spiro atoms. The fourth-order valence-electron chi connectivity index (χ4n) is 1.38. The smallest absolute Gasteiger partial charge is 0.268 e. The van der Waals surface area contributed by atoms with Crippen LogP contribution in [-0.2, 0) is 4.79 Å². The monoisotopic (exact) mass is 350 g/mol. The predicted molar refractivity (Wildman–Crippen MR) is 83.1 cm³/mol. The third-order valence-corrected chi connectivity index (χ3v) is 3.74. The van der Waals surface area contributed by atoms with Gasteiger partial charge in [0.15, 0.2) is 0 Å². The topological polar surface area (TPSA) is 58.2 Å². The minimum absolute atomic E-state index is 0.328. The van der Waals surface area contributed by atoms with Crippen molar-refractivity contribution in [3.63, 3.8) is 0 Å². The molecule has 0 radical (unpaired) electrons. The van der Waals surface area contributed by atoms with Crippen molar-refractivity contribution in [3.8, 4) is 0 Å². The molecule has 0 fully saturated rings. The van der Waals surface area contributed by atoms with Crippen molar-refractivity contribution >= 4 is 45.2 Å². The second-order valence-corrected chi connectivity index (χ2v) is 5.67. The molecule has 1 heterocycles. The summed E-state index contributed by atoms with van der Waals surface area (Å²) in [6.07, 6.45) is 3.02. The van der Waals surface area contributed by atoms with Crippen LogP contribution in [0.2, 0.25) is 0 Å². The van der Waals surface area contributed by atoms with Crippen LogP contribution in [0.15, 0.2) is 52.3 Å². The number of benzene rings is 1. The maximum Gasteiger partial charge on any atom is 0.279 e. The zero-order valence-corrected chi connectivity index (χ0v) is 12.7. The molecule has 0 bridgehead atoms. The third-order valence-electron chi connectivity index (χ3n) is 2.34. The summed E-state index contributed by atoms with van der Waals surface area (Å²) in [4.78, 5) is 23.7. The number of rotatable bonds is 3. The molecule has 2 aromatic rings. The lowest BCUT2D eigenvalue weighted by molar-refractivity contribution is -0.117. The Hall–Kier alpha value is -1.92. The van der Waals surface area contributed by atoms with E-state index in [1.807, 2.05) is 24.3 Å². The molecule has 0 saturated carbocycles. The molecule has 6 heteroatoms. The van der Waals surface area contributed by atoms with Crippen LogP contribution in [0.5, 0.6) is 0 Å². The van der Waals surface area contributed by atoms with Crippen LogP contribution >= 0.6 is 27.3 Å². The highest BCUT2D eigenvalue weighted by molar-refractivity contribution is 9.10. The summed E-state index contributed by atoms with van der Waals surface area (Å²) in [6, 6.07) is 11.0. The van der Waals surface area contributed by atoms with E-state index in [4.69, 9.17) is 0 Å². The number of hydrogen-bond donors (Lipinski definition) is 2. The van der Waals surface area contributed by atoms with Crippen molar-refractivity contribution < 1.29 is 9.59 Å². The predicted octanol–water partition coefficient (Wildman–Crippen LogP) is 2.99. The Kier molecular flexibility index (Phi) is 5.09. The van der Waals surface area contributed by atoms with Gasteiger partial charge in [-0.05, 0) is 35.2 Å². The Balaban J connectivity index is 1.83. The fourth-order valence-corrected chi connectivity index (χ4v) is 2.26. The van der Waals surface area contributed by atoms with Crippen molar-refractivity contribution in [3.05, 3.63) is 62.8 Å². The summed E-state index contributed by atoms with van der Waals surface area (Å²) in [5.41, 5.74) is 5.56. The van der Waals surface area contributed by atoms with Crippen molar-refractivity contribution in [2.45, 2.75) is 0 Å². The highest BCUT2D eigenvalue weighted by atomic mass is 79.9. The van der Waals surface area contributed by atoms with Gasteiger partial charge in [0.2, 0.25) is 0 Å². The van der Waals surface area contributed by atoms with Crippen LogP contribution in [0, 0.1) is 0 Å². The highest BCUT2D eigenvalue weighted by Gasteiger charge is 2.05. The number of hydrogen-bond acceptors (Lipinski definition) is 3. The van der Waals surface area contributed by atoms with E-state index in [9.17, 15) is 9.59 Å². The van der Waals surface area contributed by atoms with Crippen molar-refractivity contribution in [1.82, 2.24) is 10.9 Å². The molecule has 2 N–H and O–H groups in total. The quantitative estimate of drug-likeness (QED) is 0.660. The maximum absolute atomic E-state index is 11.6. The molecule has 1 aromatic heterocycles. The van der Waals surface area contributed by atoms with E-state index in [0.29, 0.717) is 4.88 Å². The van der Waals surface area contributed by atoms with E-state index in [0.717, 1.165) is 10.0 Å². The Morgan fingerprint density at radius 1 is 1.10 bits per heavy atom. The van der Waals surface area contributed by atoms with Crippen LogP contribution in [0.1, 0.15) is 15.2 Å². The van der Waals surface area contributed by atoms with Crippen LogP contribution < -0.4 is 10.9 Å². The molecule has 2 rings (SSSR count). The second kappa shape index (κ2) is 7.02. The van der Waals surface area contributed by atoms with Crippen molar-refractivity contribution in [1.29, 1.82) is 0 Å². The highest BCUT2D eigenvalue weighted by Crippen LogP contribution is 2.11. The molecule has 0 unspecified atom stereocenters. The zero-order valence-electron chi connectivity index (χ0n) is 10.3. The molecule has 0 saturated heterocycles. The van der Waals surface area contributed by atoms with E-state index < -0.39 is 5.91 Å². The molecule has 0 atom stereocenters. The van der Waals surface area contributed by atoms with E-state index in [1.54, 1.807) is 23.6 Å². The molecule has 2 amide bonds. The van der Waals surface area contributed by atoms with Gasteiger partial charge in [-0.25, -0.2) is 0 Å². The summed E-state index contributed by atoms with van der Waals surface area (Å²) in [7, 11) is 0. The summed E-state index contributed by atoms with van der Waals surface area (Å²) in [5.74, 6) is -0.719. The standard InChI is InChI=1S/C14H11BrN2O2S/c15-11-6-3-10(4-7-11)5-8-13(18)16-17-14(19)12-2-1-9-20-12/h1-9H,(H,16,18)(H,17,19)/b8-5+. The normalized spacial score (nSPS) is 10.4. The van der Waals surface area contributed by atoms with Crippen LogP contribution in [0.3, 0.4) is 0 Å². The molecule has 1 aromatic carbocycles. The Labute approximate surface area is 128 Å². The first-order valence-corrected chi connectivity index (χ1v) is 7.40. The minimum atomic E-state index is -0.391. The van der Waals surface area contributed by atoms with Gasteiger partial charge in [-0.1, -0.05) is 34.1 Å². The van der Waals surface area contributed by atoms with Crippen LogP contribution in [-0.4, -0.2) is 11.8 Å². The van der Waals surface area contributed by atoms with Crippen molar-refractivity contribution in [2.24, 2.45) is 0 Å².